The molecule has 0 unspecified atom stereocenters. The van der Waals surface area contributed by atoms with Crippen molar-refractivity contribution in [2.45, 2.75) is 31.7 Å². The van der Waals surface area contributed by atoms with Crippen molar-refractivity contribution in [2.24, 2.45) is 5.73 Å². The van der Waals surface area contributed by atoms with Crippen LogP contribution in [0.15, 0.2) is 48.5 Å². The lowest BCUT2D eigenvalue weighted by molar-refractivity contribution is 0.100. The van der Waals surface area contributed by atoms with Crippen LogP contribution in [0.5, 0.6) is 0 Å². The van der Waals surface area contributed by atoms with Gasteiger partial charge in [0.1, 0.15) is 0 Å². The number of aryl methyl sites for hydroxylation is 1. The summed E-state index contributed by atoms with van der Waals surface area (Å²) in [5.41, 5.74) is 9.60. The molecule has 1 fully saturated rings. The summed E-state index contributed by atoms with van der Waals surface area (Å²) in [5.74, 6) is 0.275. The van der Waals surface area contributed by atoms with Gasteiger partial charge in [0, 0.05) is 17.3 Å². The predicted octanol–water partition coefficient (Wildman–Crippen LogP) is 3.45. The molecule has 0 spiro atoms. The van der Waals surface area contributed by atoms with Crippen LogP contribution in [0, 0.1) is 6.92 Å². The number of primary amides is 1. The third kappa shape index (κ3) is 3.07. The summed E-state index contributed by atoms with van der Waals surface area (Å²) >= 11 is 0. The number of hydrogen-bond acceptors (Lipinski definition) is 2. The van der Waals surface area contributed by atoms with Crippen molar-refractivity contribution in [1.29, 1.82) is 0 Å². The van der Waals surface area contributed by atoms with Crippen molar-refractivity contribution >= 4 is 11.6 Å². The minimum atomic E-state index is -0.385. The smallest absolute Gasteiger partial charge is 0.248 e. The minimum Gasteiger partial charge on any atom is -0.382 e. The molecule has 0 aliphatic heterocycles. The van der Waals surface area contributed by atoms with E-state index >= 15 is 0 Å². The molecule has 1 aliphatic rings. The lowest BCUT2D eigenvalue weighted by atomic mass is 9.75. The zero-order valence-electron chi connectivity index (χ0n) is 12.2. The number of amides is 1. The van der Waals surface area contributed by atoms with Crippen LogP contribution in [0.1, 0.15) is 40.2 Å². The van der Waals surface area contributed by atoms with Gasteiger partial charge in [-0.2, -0.15) is 0 Å². The van der Waals surface area contributed by atoms with Crippen molar-refractivity contribution in [3.05, 3.63) is 65.2 Å². The summed E-state index contributed by atoms with van der Waals surface area (Å²) in [6, 6.07) is 16.6. The normalized spacial score (nSPS) is 20.6. The van der Waals surface area contributed by atoms with E-state index < -0.39 is 0 Å². The Labute approximate surface area is 125 Å². The number of benzene rings is 2. The zero-order chi connectivity index (χ0) is 14.8. The van der Waals surface area contributed by atoms with Crippen molar-refractivity contribution in [3.63, 3.8) is 0 Å². The number of carbonyl (C=O) groups excluding carboxylic acids is 1. The van der Waals surface area contributed by atoms with Crippen LogP contribution in [0.4, 0.5) is 5.69 Å². The fraction of sp³-hybridized carbons (Fsp3) is 0.278. The summed E-state index contributed by atoms with van der Waals surface area (Å²) in [6.45, 7) is 2.14. The first-order valence-corrected chi connectivity index (χ1v) is 7.35. The number of nitrogens with one attached hydrogen (secondary N) is 1. The molecule has 1 saturated carbocycles. The maximum atomic E-state index is 11.0. The van der Waals surface area contributed by atoms with E-state index in [1.807, 2.05) is 12.1 Å². The van der Waals surface area contributed by atoms with E-state index in [1.165, 1.54) is 11.1 Å². The van der Waals surface area contributed by atoms with Gasteiger partial charge in [-0.1, -0.05) is 29.8 Å². The van der Waals surface area contributed by atoms with Gasteiger partial charge in [-0.25, -0.2) is 0 Å². The number of hydrogen-bond donors (Lipinski definition) is 2. The van der Waals surface area contributed by atoms with Gasteiger partial charge in [0.15, 0.2) is 0 Å². The van der Waals surface area contributed by atoms with Crippen LogP contribution in [0.3, 0.4) is 0 Å². The van der Waals surface area contributed by atoms with Crippen LogP contribution < -0.4 is 11.1 Å². The quantitative estimate of drug-likeness (QED) is 0.901. The Morgan fingerprint density at radius 2 is 1.86 bits per heavy atom. The molecule has 0 heterocycles. The molecule has 21 heavy (non-hydrogen) atoms. The van der Waals surface area contributed by atoms with Crippen LogP contribution >= 0.6 is 0 Å². The molecule has 0 radical (unpaired) electrons. The third-order valence-corrected chi connectivity index (χ3v) is 4.19. The second-order valence-electron chi connectivity index (χ2n) is 5.87. The summed E-state index contributed by atoms with van der Waals surface area (Å²) in [4.78, 5) is 11.0. The second-order valence-corrected chi connectivity index (χ2v) is 5.87. The lowest BCUT2D eigenvalue weighted by Gasteiger charge is -2.37. The lowest BCUT2D eigenvalue weighted by Crippen LogP contribution is -2.34. The van der Waals surface area contributed by atoms with E-state index in [2.05, 4.69) is 36.5 Å². The molecule has 0 saturated heterocycles. The summed E-state index contributed by atoms with van der Waals surface area (Å²) < 4.78 is 0. The molecule has 3 heteroatoms. The summed E-state index contributed by atoms with van der Waals surface area (Å²) in [7, 11) is 0. The monoisotopic (exact) mass is 280 g/mol. The van der Waals surface area contributed by atoms with E-state index in [-0.39, 0.29) is 5.91 Å². The molecule has 1 aliphatic carbocycles. The highest BCUT2D eigenvalue weighted by Crippen LogP contribution is 2.38. The average molecular weight is 280 g/mol. The van der Waals surface area contributed by atoms with E-state index in [4.69, 9.17) is 5.73 Å². The van der Waals surface area contributed by atoms with E-state index in [0.29, 0.717) is 17.5 Å². The van der Waals surface area contributed by atoms with Crippen molar-refractivity contribution in [2.75, 3.05) is 5.32 Å². The Balaban J connectivity index is 1.56. The van der Waals surface area contributed by atoms with Crippen molar-refractivity contribution < 1.29 is 4.79 Å². The molecule has 3 N–H and O–H groups in total. The molecule has 0 atom stereocenters. The van der Waals surface area contributed by atoms with E-state index in [9.17, 15) is 4.79 Å². The van der Waals surface area contributed by atoms with Crippen molar-refractivity contribution in [1.82, 2.24) is 0 Å². The molecule has 2 aromatic carbocycles. The molecule has 108 valence electrons. The van der Waals surface area contributed by atoms with Gasteiger partial charge >= 0.3 is 0 Å². The zero-order valence-corrected chi connectivity index (χ0v) is 12.2. The number of rotatable bonds is 4. The maximum absolute atomic E-state index is 11.0. The number of anilines is 1. The highest BCUT2D eigenvalue weighted by atomic mass is 16.1. The van der Waals surface area contributed by atoms with Gasteiger partial charge in [0.05, 0.1) is 0 Å². The third-order valence-electron chi connectivity index (χ3n) is 4.19. The Morgan fingerprint density at radius 1 is 1.14 bits per heavy atom. The molecule has 2 aromatic rings. The first kappa shape index (κ1) is 13.7. The molecule has 3 nitrogen and oxygen atoms in total. The Morgan fingerprint density at radius 3 is 2.48 bits per heavy atom. The summed E-state index contributed by atoms with van der Waals surface area (Å²) in [6.07, 6.45) is 2.31. The topological polar surface area (TPSA) is 55.1 Å². The highest BCUT2D eigenvalue weighted by molar-refractivity contribution is 5.93. The van der Waals surface area contributed by atoms with Crippen LogP contribution in [0.25, 0.3) is 0 Å². The van der Waals surface area contributed by atoms with Gasteiger partial charge in [0.2, 0.25) is 5.91 Å². The maximum Gasteiger partial charge on any atom is 0.248 e. The molecule has 0 bridgehead atoms. The predicted molar refractivity (Wildman–Crippen MR) is 85.5 cm³/mol. The first-order valence-electron chi connectivity index (χ1n) is 7.35. The average Bonchev–Trinajstić information content (AvgIpc) is 2.43. The molecule has 1 amide bonds. The van der Waals surface area contributed by atoms with Crippen LogP contribution in [-0.2, 0) is 0 Å². The Bertz CT molecular complexity index is 643. The van der Waals surface area contributed by atoms with E-state index in [1.54, 1.807) is 12.1 Å². The largest absolute Gasteiger partial charge is 0.382 e. The van der Waals surface area contributed by atoms with Crippen LogP contribution in [-0.4, -0.2) is 11.9 Å². The standard InChI is InChI=1S/C18H20N2O/c1-12-3-2-4-14(9-12)15-10-17(11-15)20-16-7-5-13(6-8-16)18(19)21/h2-9,15,17,20H,10-11H2,1H3,(H2,19,21). The van der Waals surface area contributed by atoms with Gasteiger partial charge in [-0.15, -0.1) is 0 Å². The van der Waals surface area contributed by atoms with Gasteiger partial charge in [-0.3, -0.25) is 4.79 Å². The van der Waals surface area contributed by atoms with Crippen molar-refractivity contribution in [3.8, 4) is 0 Å². The summed E-state index contributed by atoms with van der Waals surface area (Å²) in [5, 5.41) is 3.51. The molecule has 3 rings (SSSR count). The van der Waals surface area contributed by atoms with Gasteiger partial charge in [-0.05, 0) is 55.5 Å². The van der Waals surface area contributed by atoms with Gasteiger partial charge < -0.3 is 11.1 Å². The minimum absolute atomic E-state index is 0.385. The first-order chi connectivity index (χ1) is 10.1. The fourth-order valence-corrected chi connectivity index (χ4v) is 2.90. The SMILES string of the molecule is Cc1cccc(C2CC(Nc3ccc(C(N)=O)cc3)C2)c1. The molecule has 0 aromatic heterocycles. The highest BCUT2D eigenvalue weighted by Gasteiger charge is 2.30. The Kier molecular flexibility index (Phi) is 3.65. The Hall–Kier alpha value is -2.29. The van der Waals surface area contributed by atoms with Crippen LogP contribution in [0.2, 0.25) is 0 Å². The fourth-order valence-electron chi connectivity index (χ4n) is 2.90. The second kappa shape index (κ2) is 5.60. The molecular weight excluding hydrogens is 260 g/mol. The van der Waals surface area contributed by atoms with E-state index in [0.717, 1.165) is 18.5 Å². The number of nitrogens with two attached hydrogens (primary N) is 1. The number of carbonyl (C=O) groups is 1. The van der Waals surface area contributed by atoms with Gasteiger partial charge in [0.25, 0.3) is 0 Å². The molecular formula is C18H20N2O.